The lowest BCUT2D eigenvalue weighted by atomic mass is 10.1. The average molecular weight is 328 g/mol. The molecule has 2 N–H and O–H groups in total. The van der Waals surface area contributed by atoms with Crippen LogP contribution in [-0.4, -0.2) is 52.8 Å². The minimum absolute atomic E-state index is 0.224. The molecular weight excluding hydrogens is 308 g/mol. The van der Waals surface area contributed by atoms with Gasteiger partial charge in [-0.15, -0.1) is 0 Å². The number of piperidine rings is 1. The lowest BCUT2D eigenvalue weighted by molar-refractivity contribution is -0.135. The van der Waals surface area contributed by atoms with Gasteiger partial charge in [-0.05, 0) is 19.4 Å². The smallest absolute Gasteiger partial charge is 0.251 e. The van der Waals surface area contributed by atoms with E-state index in [0.29, 0.717) is 18.5 Å². The van der Waals surface area contributed by atoms with Crippen LogP contribution in [0.3, 0.4) is 0 Å². The van der Waals surface area contributed by atoms with E-state index in [9.17, 15) is 9.59 Å². The fourth-order valence-electron chi connectivity index (χ4n) is 3.42. The molecular formula is C16H20N6O2. The fourth-order valence-corrected chi connectivity index (χ4v) is 3.42. The van der Waals surface area contributed by atoms with Gasteiger partial charge in [-0.25, -0.2) is 9.67 Å². The first-order valence-electron chi connectivity index (χ1n) is 8.28. The molecule has 2 aliphatic heterocycles. The highest BCUT2D eigenvalue weighted by atomic mass is 16.2. The maximum atomic E-state index is 12.1. The van der Waals surface area contributed by atoms with E-state index in [-0.39, 0.29) is 11.8 Å². The highest BCUT2D eigenvalue weighted by Gasteiger charge is 2.30. The second kappa shape index (κ2) is 5.86. The van der Waals surface area contributed by atoms with Crippen molar-refractivity contribution in [1.29, 1.82) is 0 Å². The number of piperazine rings is 1. The van der Waals surface area contributed by atoms with Crippen LogP contribution in [0.2, 0.25) is 0 Å². The summed E-state index contributed by atoms with van der Waals surface area (Å²) >= 11 is 0. The largest absolute Gasteiger partial charge is 0.368 e. The molecule has 8 nitrogen and oxygen atoms in total. The summed E-state index contributed by atoms with van der Waals surface area (Å²) in [6.45, 7) is 5.82. The number of aromatic nitrogens is 3. The van der Waals surface area contributed by atoms with Crippen molar-refractivity contribution in [2.75, 3.05) is 31.1 Å². The predicted molar refractivity (Wildman–Crippen MR) is 88.8 cm³/mol. The quantitative estimate of drug-likeness (QED) is 0.761. The zero-order valence-corrected chi connectivity index (χ0v) is 13.6. The third-order valence-corrected chi connectivity index (χ3v) is 4.70. The fraction of sp³-hybridized carbons (Fsp3) is 0.500. The second-order valence-electron chi connectivity index (χ2n) is 6.30. The molecule has 1 unspecified atom stereocenters. The number of amides is 2. The van der Waals surface area contributed by atoms with Gasteiger partial charge in [0.25, 0.3) is 5.91 Å². The molecule has 0 spiro atoms. The van der Waals surface area contributed by atoms with Gasteiger partial charge in [-0.1, -0.05) is 0 Å². The summed E-state index contributed by atoms with van der Waals surface area (Å²) < 4.78 is 1.64. The number of hydrogen-bond donors (Lipinski definition) is 2. The molecule has 1 atom stereocenters. The van der Waals surface area contributed by atoms with E-state index in [0.717, 1.165) is 42.9 Å². The molecule has 126 valence electrons. The Morgan fingerprint density at radius 3 is 2.79 bits per heavy atom. The molecule has 2 aromatic heterocycles. The number of anilines is 1. The number of rotatable bonds is 2. The Balaban J connectivity index is 1.71. The Morgan fingerprint density at radius 2 is 2.04 bits per heavy atom. The molecule has 4 heterocycles. The van der Waals surface area contributed by atoms with E-state index in [1.807, 2.05) is 6.92 Å². The first-order chi connectivity index (χ1) is 11.6. The molecule has 0 aromatic carbocycles. The number of imide groups is 1. The zero-order chi connectivity index (χ0) is 16.7. The minimum Gasteiger partial charge on any atom is -0.368 e. The maximum Gasteiger partial charge on any atom is 0.251 e. The Hall–Kier alpha value is -2.48. The molecule has 2 amide bonds. The number of pyridine rings is 1. The molecule has 0 radical (unpaired) electrons. The number of carbonyl (C=O) groups excluding carboxylic acids is 2. The summed E-state index contributed by atoms with van der Waals surface area (Å²) in [4.78, 5) is 30.5. The highest BCUT2D eigenvalue weighted by molar-refractivity contribution is 6.00. The van der Waals surface area contributed by atoms with E-state index < -0.39 is 6.04 Å². The third kappa shape index (κ3) is 2.52. The summed E-state index contributed by atoms with van der Waals surface area (Å²) in [5, 5.41) is 11.0. The third-order valence-electron chi connectivity index (χ3n) is 4.70. The van der Waals surface area contributed by atoms with Crippen LogP contribution in [0, 0.1) is 6.92 Å². The topological polar surface area (TPSA) is 92.1 Å². The summed E-state index contributed by atoms with van der Waals surface area (Å²) in [5.74, 6) is -0.528. The van der Waals surface area contributed by atoms with Crippen LogP contribution in [0.5, 0.6) is 0 Å². The molecule has 2 aliphatic rings. The van der Waals surface area contributed by atoms with Crippen LogP contribution in [0.25, 0.3) is 11.0 Å². The van der Waals surface area contributed by atoms with Crippen molar-refractivity contribution >= 4 is 28.5 Å². The predicted octanol–water partition coefficient (Wildman–Crippen LogP) is 0.127. The average Bonchev–Trinajstić information content (AvgIpc) is 2.97. The molecule has 24 heavy (non-hydrogen) atoms. The first kappa shape index (κ1) is 15.1. The van der Waals surface area contributed by atoms with E-state index in [2.05, 4.69) is 26.7 Å². The second-order valence-corrected chi connectivity index (χ2v) is 6.30. The van der Waals surface area contributed by atoms with E-state index in [4.69, 9.17) is 4.98 Å². The highest BCUT2D eigenvalue weighted by Crippen LogP contribution is 2.27. The van der Waals surface area contributed by atoms with Crippen molar-refractivity contribution < 1.29 is 9.59 Å². The van der Waals surface area contributed by atoms with Gasteiger partial charge in [0, 0.05) is 38.0 Å². The Morgan fingerprint density at radius 1 is 1.25 bits per heavy atom. The maximum absolute atomic E-state index is 12.1. The van der Waals surface area contributed by atoms with Gasteiger partial charge in [0.2, 0.25) is 5.91 Å². The van der Waals surface area contributed by atoms with E-state index in [1.165, 1.54) is 0 Å². The molecule has 0 aliphatic carbocycles. The Labute approximate surface area is 139 Å². The monoisotopic (exact) mass is 328 g/mol. The number of nitrogens with zero attached hydrogens (tertiary/aromatic N) is 4. The summed E-state index contributed by atoms with van der Waals surface area (Å²) in [6.07, 6.45) is 2.54. The normalized spacial score (nSPS) is 22.0. The van der Waals surface area contributed by atoms with Gasteiger partial charge in [0.05, 0.1) is 17.6 Å². The summed E-state index contributed by atoms with van der Waals surface area (Å²) in [7, 11) is 0. The molecule has 0 saturated carbocycles. The molecule has 2 aromatic rings. The van der Waals surface area contributed by atoms with Crippen LogP contribution in [-0.2, 0) is 9.59 Å². The number of carbonyl (C=O) groups is 2. The Bertz CT molecular complexity index is 808. The number of fused-ring (bicyclic) bond motifs is 1. The van der Waals surface area contributed by atoms with Gasteiger partial charge in [0.15, 0.2) is 5.65 Å². The van der Waals surface area contributed by atoms with E-state index >= 15 is 0 Å². The van der Waals surface area contributed by atoms with Gasteiger partial charge >= 0.3 is 0 Å². The first-order valence-corrected chi connectivity index (χ1v) is 8.28. The van der Waals surface area contributed by atoms with Crippen LogP contribution in [0.15, 0.2) is 12.3 Å². The van der Waals surface area contributed by atoms with Gasteiger partial charge in [-0.2, -0.15) is 5.10 Å². The summed E-state index contributed by atoms with van der Waals surface area (Å²) in [5.41, 5.74) is 2.74. The molecule has 2 fully saturated rings. The van der Waals surface area contributed by atoms with Gasteiger partial charge in [0.1, 0.15) is 6.04 Å². The van der Waals surface area contributed by atoms with Gasteiger partial charge < -0.3 is 10.2 Å². The lowest BCUT2D eigenvalue weighted by Crippen LogP contribution is -2.44. The van der Waals surface area contributed by atoms with E-state index in [1.54, 1.807) is 10.9 Å². The number of nitrogens with one attached hydrogen (secondary N) is 2. The summed E-state index contributed by atoms with van der Waals surface area (Å²) in [6, 6.07) is 1.62. The molecule has 4 rings (SSSR count). The van der Waals surface area contributed by atoms with Gasteiger partial charge in [-0.3, -0.25) is 14.9 Å². The van der Waals surface area contributed by atoms with Crippen LogP contribution >= 0.6 is 0 Å². The van der Waals surface area contributed by atoms with Crippen molar-refractivity contribution in [2.24, 2.45) is 0 Å². The standard InChI is InChI=1S/C16H20N6O2/c1-10-13(21-6-4-17-5-7-21)8-11-9-18-22(15(11)19-10)12-2-3-14(23)20-16(12)24/h8-9,12,17H,2-7H2,1H3,(H,20,23,24). The van der Waals surface area contributed by atoms with Crippen molar-refractivity contribution in [2.45, 2.75) is 25.8 Å². The van der Waals surface area contributed by atoms with Crippen molar-refractivity contribution in [3.63, 3.8) is 0 Å². The van der Waals surface area contributed by atoms with Crippen molar-refractivity contribution in [1.82, 2.24) is 25.4 Å². The Kier molecular flexibility index (Phi) is 3.68. The van der Waals surface area contributed by atoms with Crippen LogP contribution in [0.1, 0.15) is 24.6 Å². The van der Waals surface area contributed by atoms with Crippen molar-refractivity contribution in [3.8, 4) is 0 Å². The number of aryl methyl sites for hydroxylation is 1. The van der Waals surface area contributed by atoms with Crippen LogP contribution in [0.4, 0.5) is 5.69 Å². The van der Waals surface area contributed by atoms with Crippen LogP contribution < -0.4 is 15.5 Å². The number of hydrogen-bond acceptors (Lipinski definition) is 6. The minimum atomic E-state index is -0.475. The molecule has 8 heteroatoms. The van der Waals surface area contributed by atoms with Crippen molar-refractivity contribution in [3.05, 3.63) is 18.0 Å². The lowest BCUT2D eigenvalue weighted by Gasteiger charge is -2.30. The zero-order valence-electron chi connectivity index (χ0n) is 13.6. The SMILES string of the molecule is Cc1nc2c(cnn2C2CCC(=O)NC2=O)cc1N1CCNCC1. The molecule has 0 bridgehead atoms. The molecule has 2 saturated heterocycles.